The minimum Gasteiger partial charge on any atom is -0.468 e. The lowest BCUT2D eigenvalue weighted by molar-refractivity contribution is -0.144. The first-order valence-corrected chi connectivity index (χ1v) is 6.56. The highest BCUT2D eigenvalue weighted by Gasteiger charge is 2.38. The molecule has 1 N–H and O–H groups in total. The Labute approximate surface area is 97.9 Å². The first-order chi connectivity index (χ1) is 7.72. The summed E-state index contributed by atoms with van der Waals surface area (Å²) in [6, 6.07) is 0.396. The molecule has 3 heteroatoms. The molecule has 0 amide bonds. The summed E-state index contributed by atoms with van der Waals surface area (Å²) in [5.41, 5.74) is 0. The second-order valence-corrected chi connectivity index (χ2v) is 5.34. The highest BCUT2D eigenvalue weighted by molar-refractivity contribution is 5.76. The fraction of sp³-hybridized carbons (Fsp3) is 0.923. The normalized spacial score (nSPS) is 25.4. The summed E-state index contributed by atoms with van der Waals surface area (Å²) >= 11 is 0. The Balaban J connectivity index is 1.86. The molecular weight excluding hydrogens is 202 g/mol. The number of esters is 1. The van der Waals surface area contributed by atoms with Gasteiger partial charge in [0.05, 0.1) is 7.11 Å². The molecule has 2 saturated carbocycles. The Bertz CT molecular complexity index is 244. The summed E-state index contributed by atoms with van der Waals surface area (Å²) in [6.45, 7) is 2.22. The van der Waals surface area contributed by atoms with Crippen molar-refractivity contribution < 1.29 is 9.53 Å². The Morgan fingerprint density at radius 1 is 1.19 bits per heavy atom. The first kappa shape index (κ1) is 11.9. The molecular formula is C13H23NO2. The molecule has 0 radical (unpaired) electrons. The molecule has 0 saturated heterocycles. The molecule has 0 heterocycles. The number of nitrogens with one attached hydrogen (secondary N) is 1. The van der Waals surface area contributed by atoms with E-state index in [1.807, 2.05) is 0 Å². The van der Waals surface area contributed by atoms with Gasteiger partial charge in [-0.1, -0.05) is 12.8 Å². The molecule has 0 spiro atoms. The van der Waals surface area contributed by atoms with Crippen LogP contribution < -0.4 is 5.32 Å². The fourth-order valence-corrected chi connectivity index (χ4v) is 2.83. The molecule has 2 aliphatic carbocycles. The van der Waals surface area contributed by atoms with E-state index in [0.717, 1.165) is 5.92 Å². The highest BCUT2D eigenvalue weighted by atomic mass is 16.5. The molecule has 2 aliphatic rings. The zero-order valence-corrected chi connectivity index (χ0v) is 10.4. The molecule has 92 valence electrons. The third kappa shape index (κ3) is 2.76. The van der Waals surface area contributed by atoms with E-state index in [-0.39, 0.29) is 12.0 Å². The van der Waals surface area contributed by atoms with Crippen LogP contribution in [0.4, 0.5) is 0 Å². The fourth-order valence-electron chi connectivity index (χ4n) is 2.83. The average Bonchev–Trinajstić information content (AvgIpc) is 2.98. The third-order valence-corrected chi connectivity index (χ3v) is 4.10. The van der Waals surface area contributed by atoms with E-state index in [0.29, 0.717) is 12.0 Å². The van der Waals surface area contributed by atoms with Crippen LogP contribution in [0, 0.1) is 11.8 Å². The summed E-state index contributed by atoms with van der Waals surface area (Å²) in [4.78, 5) is 11.7. The lowest BCUT2D eigenvalue weighted by atomic mass is 9.98. The second kappa shape index (κ2) is 5.17. The quantitative estimate of drug-likeness (QED) is 0.728. The molecule has 0 aromatic heterocycles. The van der Waals surface area contributed by atoms with Crippen molar-refractivity contribution in [2.45, 2.75) is 57.5 Å². The summed E-state index contributed by atoms with van der Waals surface area (Å²) in [6.07, 6.45) is 7.67. The van der Waals surface area contributed by atoms with E-state index < -0.39 is 0 Å². The number of methoxy groups -OCH3 is 1. The van der Waals surface area contributed by atoms with Crippen molar-refractivity contribution in [1.29, 1.82) is 0 Å². The van der Waals surface area contributed by atoms with Crippen molar-refractivity contribution in [3.8, 4) is 0 Å². The number of carbonyl (C=O) groups excluding carboxylic acids is 1. The SMILES string of the molecule is COC(=O)C(NC(C)C1CCCC1)C1CC1. The number of ether oxygens (including phenoxy) is 1. The number of carbonyl (C=O) groups is 1. The molecule has 2 rings (SSSR count). The Morgan fingerprint density at radius 2 is 1.81 bits per heavy atom. The minimum atomic E-state index is -0.0765. The van der Waals surface area contributed by atoms with Crippen molar-refractivity contribution in [3.63, 3.8) is 0 Å². The van der Waals surface area contributed by atoms with Gasteiger partial charge in [0, 0.05) is 6.04 Å². The van der Waals surface area contributed by atoms with E-state index in [4.69, 9.17) is 4.74 Å². The van der Waals surface area contributed by atoms with E-state index in [9.17, 15) is 4.79 Å². The smallest absolute Gasteiger partial charge is 0.323 e. The van der Waals surface area contributed by atoms with Crippen molar-refractivity contribution in [2.24, 2.45) is 11.8 Å². The van der Waals surface area contributed by atoms with Gasteiger partial charge in [0.25, 0.3) is 0 Å². The molecule has 3 nitrogen and oxygen atoms in total. The molecule has 2 atom stereocenters. The average molecular weight is 225 g/mol. The van der Waals surface area contributed by atoms with Crippen LogP contribution in [-0.2, 0) is 9.53 Å². The molecule has 2 fully saturated rings. The number of rotatable bonds is 5. The van der Waals surface area contributed by atoms with Crippen molar-refractivity contribution >= 4 is 5.97 Å². The monoisotopic (exact) mass is 225 g/mol. The first-order valence-electron chi connectivity index (χ1n) is 6.56. The van der Waals surface area contributed by atoms with Gasteiger partial charge >= 0.3 is 5.97 Å². The summed E-state index contributed by atoms with van der Waals surface area (Å²) < 4.78 is 4.88. The summed E-state index contributed by atoms with van der Waals surface area (Å²) in [5.74, 6) is 1.20. The van der Waals surface area contributed by atoms with E-state index in [1.54, 1.807) is 0 Å². The molecule has 0 aromatic carbocycles. The maximum atomic E-state index is 11.7. The second-order valence-electron chi connectivity index (χ2n) is 5.34. The molecule has 0 aromatic rings. The maximum Gasteiger partial charge on any atom is 0.323 e. The summed E-state index contributed by atoms with van der Waals surface area (Å²) in [7, 11) is 1.49. The van der Waals surface area contributed by atoms with Crippen molar-refractivity contribution in [1.82, 2.24) is 5.32 Å². The van der Waals surface area contributed by atoms with Gasteiger partial charge in [0.15, 0.2) is 0 Å². The maximum absolute atomic E-state index is 11.7. The van der Waals surface area contributed by atoms with Crippen molar-refractivity contribution in [3.05, 3.63) is 0 Å². The van der Waals surface area contributed by atoms with E-state index in [2.05, 4.69) is 12.2 Å². The van der Waals surface area contributed by atoms with Crippen LogP contribution >= 0.6 is 0 Å². The molecule has 16 heavy (non-hydrogen) atoms. The van der Waals surface area contributed by atoms with Crippen LogP contribution in [0.15, 0.2) is 0 Å². The zero-order chi connectivity index (χ0) is 11.5. The van der Waals surface area contributed by atoms with Gasteiger partial charge in [-0.15, -0.1) is 0 Å². The number of hydrogen-bond acceptors (Lipinski definition) is 3. The Kier molecular flexibility index (Phi) is 3.85. The Hall–Kier alpha value is -0.570. The minimum absolute atomic E-state index is 0.0550. The topological polar surface area (TPSA) is 38.3 Å². The van der Waals surface area contributed by atoms with Gasteiger partial charge in [0.2, 0.25) is 0 Å². The zero-order valence-electron chi connectivity index (χ0n) is 10.4. The van der Waals surface area contributed by atoms with Gasteiger partial charge < -0.3 is 10.1 Å². The van der Waals surface area contributed by atoms with Crippen LogP contribution in [0.1, 0.15) is 45.4 Å². The van der Waals surface area contributed by atoms with Crippen LogP contribution in [0.2, 0.25) is 0 Å². The largest absolute Gasteiger partial charge is 0.468 e. The van der Waals surface area contributed by atoms with Crippen molar-refractivity contribution in [2.75, 3.05) is 7.11 Å². The van der Waals surface area contributed by atoms with Gasteiger partial charge in [-0.25, -0.2) is 0 Å². The standard InChI is InChI=1S/C13H23NO2/c1-9(10-5-3-4-6-10)14-12(11-7-8-11)13(15)16-2/h9-12,14H,3-8H2,1-2H3. The lowest BCUT2D eigenvalue weighted by Gasteiger charge is -2.25. The van der Waals surface area contributed by atoms with Gasteiger partial charge in [-0.3, -0.25) is 4.79 Å². The summed E-state index contributed by atoms with van der Waals surface area (Å²) in [5, 5.41) is 3.50. The van der Waals surface area contributed by atoms with Gasteiger partial charge in [-0.2, -0.15) is 0 Å². The van der Waals surface area contributed by atoms with Crippen LogP contribution in [0.25, 0.3) is 0 Å². The lowest BCUT2D eigenvalue weighted by Crippen LogP contribution is -2.46. The molecule has 0 bridgehead atoms. The van der Waals surface area contributed by atoms with Gasteiger partial charge in [0.1, 0.15) is 6.04 Å². The third-order valence-electron chi connectivity index (χ3n) is 4.10. The predicted octanol–water partition coefficient (Wildman–Crippen LogP) is 2.11. The number of hydrogen-bond donors (Lipinski definition) is 1. The van der Waals surface area contributed by atoms with Crippen LogP contribution in [-0.4, -0.2) is 25.2 Å². The Morgan fingerprint density at radius 3 is 2.31 bits per heavy atom. The molecule has 0 aliphatic heterocycles. The highest BCUT2D eigenvalue weighted by Crippen LogP contribution is 2.35. The van der Waals surface area contributed by atoms with Gasteiger partial charge in [-0.05, 0) is 44.4 Å². The predicted molar refractivity (Wildman–Crippen MR) is 63.1 cm³/mol. The molecule has 2 unspecified atom stereocenters. The van der Waals surface area contributed by atoms with E-state index >= 15 is 0 Å². The van der Waals surface area contributed by atoms with Crippen LogP contribution in [0.5, 0.6) is 0 Å². The van der Waals surface area contributed by atoms with E-state index in [1.165, 1.54) is 45.6 Å². The van der Waals surface area contributed by atoms with Crippen LogP contribution in [0.3, 0.4) is 0 Å².